The van der Waals surface area contributed by atoms with Crippen LogP contribution in [0.1, 0.15) is 5.56 Å². The topological polar surface area (TPSA) is 51.2 Å². The summed E-state index contributed by atoms with van der Waals surface area (Å²) in [5.41, 5.74) is 0.472. The molecule has 0 amide bonds. The number of hydrogen-bond donors (Lipinski definition) is 0. The van der Waals surface area contributed by atoms with Crippen LogP contribution in [0.25, 0.3) is 6.08 Å². The number of aldehydes is 1. The average Bonchev–Trinajstić information content (AvgIpc) is 2.37. The van der Waals surface area contributed by atoms with E-state index in [9.17, 15) is 13.2 Å². The minimum Gasteiger partial charge on any atom is -0.297 e. The van der Waals surface area contributed by atoms with Crippen LogP contribution < -0.4 is 0 Å². The Morgan fingerprint density at radius 2 is 2.00 bits per heavy atom. The smallest absolute Gasteiger partial charge is 0.210 e. The Labute approximate surface area is 85.9 Å². The zero-order valence-electron chi connectivity index (χ0n) is 6.90. The number of halogens is 1. The monoisotopic (exact) mass is 228 g/mol. The molecule has 0 fully saturated rings. The van der Waals surface area contributed by atoms with E-state index in [1.807, 2.05) is 0 Å². The maximum atomic E-state index is 11.6. The minimum atomic E-state index is -3.58. The summed E-state index contributed by atoms with van der Waals surface area (Å²) in [4.78, 5) is 10.4. The number of benzene rings is 1. The van der Waals surface area contributed by atoms with Gasteiger partial charge in [-0.2, -0.15) is 0 Å². The molecule has 14 heavy (non-hydrogen) atoms. The van der Waals surface area contributed by atoms with Gasteiger partial charge in [-0.15, -0.1) is 0 Å². The van der Waals surface area contributed by atoms with Gasteiger partial charge in [-0.25, -0.2) is 8.42 Å². The van der Waals surface area contributed by atoms with E-state index in [-0.39, 0.29) is 9.80 Å². The first-order chi connectivity index (χ1) is 6.55. The van der Waals surface area contributed by atoms with Crippen LogP contribution in [0.4, 0.5) is 0 Å². The Hall–Kier alpha value is -1.13. The van der Waals surface area contributed by atoms with Gasteiger partial charge in [-0.1, -0.05) is 11.6 Å². The van der Waals surface area contributed by atoms with E-state index in [1.54, 1.807) is 0 Å². The predicted octanol–water partition coefficient (Wildman–Crippen LogP) is 1.67. The second kappa shape index (κ2) is 2.93. The van der Waals surface area contributed by atoms with Gasteiger partial charge in [0.05, 0.1) is 4.90 Å². The fraction of sp³-hybridized carbons (Fsp3) is 0. The van der Waals surface area contributed by atoms with Crippen LogP contribution in [0.5, 0.6) is 0 Å². The number of sulfone groups is 1. The van der Waals surface area contributed by atoms with Gasteiger partial charge in [-0.05, 0) is 29.8 Å². The zero-order valence-corrected chi connectivity index (χ0v) is 8.47. The van der Waals surface area contributed by atoms with Crippen LogP contribution in [0.2, 0.25) is 5.02 Å². The largest absolute Gasteiger partial charge is 0.297 e. The van der Waals surface area contributed by atoms with Crippen LogP contribution in [-0.2, 0) is 14.6 Å². The molecule has 1 heterocycles. The van der Waals surface area contributed by atoms with Crippen LogP contribution in [0, 0.1) is 0 Å². The number of hydrogen-bond acceptors (Lipinski definition) is 3. The summed E-state index contributed by atoms with van der Waals surface area (Å²) in [6.45, 7) is 0. The Bertz CT molecular complexity index is 543. The van der Waals surface area contributed by atoms with E-state index in [0.29, 0.717) is 16.9 Å². The third kappa shape index (κ3) is 1.19. The molecule has 1 aromatic rings. The summed E-state index contributed by atoms with van der Waals surface area (Å²) in [5, 5.41) is 0.447. The molecule has 3 nitrogen and oxygen atoms in total. The molecule has 1 aromatic carbocycles. The van der Waals surface area contributed by atoms with Gasteiger partial charge in [0.1, 0.15) is 4.91 Å². The highest BCUT2D eigenvalue weighted by Crippen LogP contribution is 2.33. The minimum absolute atomic E-state index is 0.143. The molecule has 72 valence electrons. The summed E-state index contributed by atoms with van der Waals surface area (Å²) in [7, 11) is -3.58. The van der Waals surface area contributed by atoms with Crippen LogP contribution in [0.3, 0.4) is 0 Å². The molecule has 0 aliphatic carbocycles. The first kappa shape index (κ1) is 9.43. The van der Waals surface area contributed by atoms with Crippen LogP contribution in [-0.4, -0.2) is 14.7 Å². The summed E-state index contributed by atoms with van der Waals surface area (Å²) in [5.74, 6) is 0. The summed E-state index contributed by atoms with van der Waals surface area (Å²) < 4.78 is 23.2. The van der Waals surface area contributed by atoms with Crippen molar-refractivity contribution in [3.63, 3.8) is 0 Å². The average molecular weight is 229 g/mol. The fourth-order valence-corrected chi connectivity index (χ4v) is 2.85. The van der Waals surface area contributed by atoms with Gasteiger partial charge in [0.2, 0.25) is 9.84 Å². The van der Waals surface area contributed by atoms with Crippen molar-refractivity contribution in [3.8, 4) is 0 Å². The molecule has 5 heteroatoms. The predicted molar refractivity (Wildman–Crippen MR) is 52.7 cm³/mol. The molecule has 0 N–H and O–H groups in total. The molecule has 1 aliphatic rings. The molecule has 1 aliphatic heterocycles. The highest BCUT2D eigenvalue weighted by atomic mass is 35.5. The molecule has 2 rings (SSSR count). The molecular formula is C9H5ClO3S. The molecule has 0 radical (unpaired) electrons. The van der Waals surface area contributed by atoms with Crippen molar-refractivity contribution in [3.05, 3.63) is 33.7 Å². The van der Waals surface area contributed by atoms with E-state index in [4.69, 9.17) is 11.6 Å². The molecule has 0 atom stereocenters. The second-order valence-electron chi connectivity index (χ2n) is 2.85. The fourth-order valence-electron chi connectivity index (χ4n) is 1.33. The normalized spacial score (nSPS) is 17.4. The van der Waals surface area contributed by atoms with Gasteiger partial charge >= 0.3 is 0 Å². The zero-order chi connectivity index (χ0) is 10.3. The van der Waals surface area contributed by atoms with Gasteiger partial charge in [0, 0.05) is 5.02 Å². The maximum absolute atomic E-state index is 11.6. The maximum Gasteiger partial charge on any atom is 0.210 e. The lowest BCUT2D eigenvalue weighted by Gasteiger charge is -1.98. The molecule has 0 saturated heterocycles. The van der Waals surface area contributed by atoms with Crippen molar-refractivity contribution in [2.24, 2.45) is 0 Å². The van der Waals surface area contributed by atoms with Crippen molar-refractivity contribution in [1.82, 2.24) is 0 Å². The SMILES string of the molecule is O=CC1=Cc2cc(Cl)ccc2S1(=O)=O. The number of fused-ring (bicyclic) bond motifs is 1. The quantitative estimate of drug-likeness (QED) is 0.687. The summed E-state index contributed by atoms with van der Waals surface area (Å²) in [6, 6.07) is 4.41. The molecular weight excluding hydrogens is 224 g/mol. The van der Waals surface area contributed by atoms with E-state index < -0.39 is 9.84 Å². The second-order valence-corrected chi connectivity index (χ2v) is 5.20. The lowest BCUT2D eigenvalue weighted by atomic mass is 10.2. The van der Waals surface area contributed by atoms with Crippen molar-refractivity contribution < 1.29 is 13.2 Å². The van der Waals surface area contributed by atoms with Gasteiger partial charge in [0.15, 0.2) is 6.29 Å². The molecule has 0 aromatic heterocycles. The van der Waals surface area contributed by atoms with Crippen LogP contribution in [0.15, 0.2) is 28.0 Å². The Morgan fingerprint density at radius 1 is 1.29 bits per heavy atom. The number of carbonyl (C=O) groups excluding carboxylic acids is 1. The van der Waals surface area contributed by atoms with Gasteiger partial charge in [-0.3, -0.25) is 4.79 Å². The van der Waals surface area contributed by atoms with Gasteiger partial charge < -0.3 is 0 Å². The third-order valence-corrected chi connectivity index (χ3v) is 4.01. The summed E-state index contributed by atoms with van der Waals surface area (Å²) in [6.07, 6.45) is 1.66. The standard InChI is InChI=1S/C9H5ClO3S/c10-7-1-2-9-6(3-7)4-8(5-11)14(9,12)13/h1-5H. The number of carbonyl (C=O) groups is 1. The lowest BCUT2D eigenvalue weighted by Crippen LogP contribution is -2.00. The molecule has 0 spiro atoms. The summed E-state index contributed by atoms with van der Waals surface area (Å²) >= 11 is 5.69. The van der Waals surface area contributed by atoms with Gasteiger partial charge in [0.25, 0.3) is 0 Å². The van der Waals surface area contributed by atoms with Crippen molar-refractivity contribution in [2.45, 2.75) is 4.90 Å². The number of rotatable bonds is 1. The van der Waals surface area contributed by atoms with Crippen LogP contribution >= 0.6 is 11.6 Å². The first-order valence-corrected chi connectivity index (χ1v) is 5.63. The van der Waals surface area contributed by atoms with Crippen molar-refractivity contribution in [1.29, 1.82) is 0 Å². The third-order valence-electron chi connectivity index (χ3n) is 1.99. The first-order valence-electron chi connectivity index (χ1n) is 3.77. The van der Waals surface area contributed by atoms with Crippen molar-refractivity contribution in [2.75, 3.05) is 0 Å². The molecule has 0 bridgehead atoms. The van der Waals surface area contributed by atoms with Crippen molar-refractivity contribution >= 4 is 33.8 Å². The number of allylic oxidation sites excluding steroid dienone is 1. The highest BCUT2D eigenvalue weighted by Gasteiger charge is 2.28. The van der Waals surface area contributed by atoms with E-state index in [2.05, 4.69) is 0 Å². The molecule has 0 saturated carbocycles. The molecule has 0 unspecified atom stereocenters. The Kier molecular flexibility index (Phi) is 1.97. The Balaban J connectivity index is 2.77. The van der Waals surface area contributed by atoms with E-state index >= 15 is 0 Å². The van der Waals surface area contributed by atoms with E-state index in [1.165, 1.54) is 24.3 Å². The Morgan fingerprint density at radius 3 is 2.64 bits per heavy atom. The highest BCUT2D eigenvalue weighted by molar-refractivity contribution is 7.96. The lowest BCUT2D eigenvalue weighted by molar-refractivity contribution is -0.104. The van der Waals surface area contributed by atoms with E-state index in [0.717, 1.165) is 0 Å².